The number of thiophene rings is 1. The number of nitrogens with one attached hydrogen (secondary N) is 2. The molecule has 22 heavy (non-hydrogen) atoms. The predicted octanol–water partition coefficient (Wildman–Crippen LogP) is 3.71. The van der Waals surface area contributed by atoms with E-state index in [1.165, 1.54) is 31.7 Å². The van der Waals surface area contributed by atoms with Crippen molar-refractivity contribution in [2.45, 2.75) is 37.8 Å². The van der Waals surface area contributed by atoms with Gasteiger partial charge in [-0.1, -0.05) is 5.59 Å². The van der Waals surface area contributed by atoms with Gasteiger partial charge in [-0.3, -0.25) is 4.84 Å². The van der Waals surface area contributed by atoms with E-state index in [1.807, 2.05) is 17.3 Å². The third-order valence-corrected chi connectivity index (χ3v) is 6.51. The van der Waals surface area contributed by atoms with Crippen molar-refractivity contribution < 1.29 is 9.23 Å². The number of rotatable bonds is 1. The second-order valence-corrected chi connectivity index (χ2v) is 7.78. The highest BCUT2D eigenvalue weighted by atomic mass is 32.1. The van der Waals surface area contributed by atoms with E-state index in [9.17, 15) is 4.39 Å². The van der Waals surface area contributed by atoms with Crippen molar-refractivity contribution in [1.29, 1.82) is 0 Å². The van der Waals surface area contributed by atoms with E-state index in [4.69, 9.17) is 4.84 Å². The highest BCUT2D eigenvalue weighted by Gasteiger charge is 2.53. The zero-order valence-electron chi connectivity index (χ0n) is 12.1. The fourth-order valence-corrected chi connectivity index (χ4v) is 5.22. The van der Waals surface area contributed by atoms with Crippen LogP contribution in [0.15, 0.2) is 24.3 Å². The van der Waals surface area contributed by atoms with Gasteiger partial charge in [0.1, 0.15) is 10.8 Å². The Hall–Kier alpha value is -1.21. The smallest absolute Gasteiger partial charge is 0.163 e. The van der Waals surface area contributed by atoms with Gasteiger partial charge in [-0.2, -0.15) is 5.43 Å². The first kappa shape index (κ1) is 13.2. The average molecular weight is 319 g/mol. The molecule has 2 aromatic rings. The summed E-state index contributed by atoms with van der Waals surface area (Å²) in [6.45, 7) is 0. The second kappa shape index (κ2) is 4.64. The maximum Gasteiger partial charge on any atom is 0.163 e. The van der Waals surface area contributed by atoms with Crippen LogP contribution in [0.4, 0.5) is 9.39 Å². The largest absolute Gasteiger partial charge is 0.257 e. The molecule has 2 bridgehead atoms. The summed E-state index contributed by atoms with van der Waals surface area (Å²) >= 11 is 1.62. The van der Waals surface area contributed by atoms with Crippen molar-refractivity contribution in [2.75, 3.05) is 5.12 Å². The number of hydrogen-bond donors (Lipinski definition) is 2. The van der Waals surface area contributed by atoms with Crippen LogP contribution in [0, 0.1) is 17.7 Å². The van der Waals surface area contributed by atoms with Crippen LogP contribution in [0.5, 0.6) is 0 Å². The lowest BCUT2D eigenvalue weighted by Crippen LogP contribution is -2.57. The Morgan fingerprint density at radius 3 is 2.86 bits per heavy atom. The van der Waals surface area contributed by atoms with Gasteiger partial charge in [0.05, 0.1) is 0 Å². The van der Waals surface area contributed by atoms with Crippen LogP contribution in [0.1, 0.15) is 32.1 Å². The Labute approximate surface area is 132 Å². The predicted molar refractivity (Wildman–Crippen MR) is 84.4 cm³/mol. The van der Waals surface area contributed by atoms with Crippen LogP contribution in [0.25, 0.3) is 10.1 Å². The molecule has 6 heteroatoms. The van der Waals surface area contributed by atoms with Crippen molar-refractivity contribution in [1.82, 2.24) is 11.0 Å². The molecule has 1 aliphatic heterocycles. The van der Waals surface area contributed by atoms with Gasteiger partial charge in [-0.15, -0.1) is 11.3 Å². The monoisotopic (exact) mass is 319 g/mol. The minimum Gasteiger partial charge on any atom is -0.257 e. The van der Waals surface area contributed by atoms with Crippen molar-refractivity contribution in [3.8, 4) is 0 Å². The third-order valence-electron chi connectivity index (χ3n) is 5.40. The molecule has 4 fully saturated rings. The molecule has 0 radical (unpaired) electrons. The second-order valence-electron chi connectivity index (χ2n) is 6.72. The molecular formula is C16H18FN3OS. The van der Waals surface area contributed by atoms with Crippen LogP contribution in [0.2, 0.25) is 0 Å². The van der Waals surface area contributed by atoms with E-state index >= 15 is 0 Å². The number of halogens is 1. The van der Waals surface area contributed by atoms with Crippen molar-refractivity contribution in [2.24, 2.45) is 11.8 Å². The molecule has 2 N–H and O–H groups in total. The standard InChI is InChI=1S/C16H18FN3OS/c17-13-5-6-14-11(7-13)8-15(22-14)20-18-16(21-19-20)9-10-1-3-12(16)4-2-10/h5-8,10,12,18-19H,1-4,9H2. The van der Waals surface area contributed by atoms with E-state index in [1.54, 1.807) is 17.4 Å². The fraction of sp³-hybridized carbons (Fsp3) is 0.500. The lowest BCUT2D eigenvalue weighted by Gasteiger charge is -2.47. The van der Waals surface area contributed by atoms with Crippen LogP contribution in [-0.2, 0) is 4.84 Å². The maximum atomic E-state index is 13.3. The average Bonchev–Trinajstić information content (AvgIpc) is 3.12. The molecule has 1 spiro atoms. The lowest BCUT2D eigenvalue weighted by molar-refractivity contribution is -0.153. The first-order valence-electron chi connectivity index (χ1n) is 7.93. The van der Waals surface area contributed by atoms with E-state index < -0.39 is 0 Å². The molecule has 0 amide bonds. The fourth-order valence-electron chi connectivity index (χ4n) is 4.26. The number of benzene rings is 1. The van der Waals surface area contributed by atoms with Gasteiger partial charge in [0, 0.05) is 10.6 Å². The molecule has 3 aliphatic carbocycles. The topological polar surface area (TPSA) is 36.5 Å². The minimum absolute atomic E-state index is 0.198. The summed E-state index contributed by atoms with van der Waals surface area (Å²) in [5, 5.41) is 3.79. The molecule has 116 valence electrons. The van der Waals surface area contributed by atoms with Crippen LogP contribution in [0.3, 0.4) is 0 Å². The maximum absolute atomic E-state index is 13.3. The zero-order valence-corrected chi connectivity index (χ0v) is 13.0. The first-order valence-corrected chi connectivity index (χ1v) is 8.74. The number of hydrogen-bond acceptors (Lipinski definition) is 5. The van der Waals surface area contributed by atoms with E-state index in [0.717, 1.165) is 27.4 Å². The Morgan fingerprint density at radius 1 is 1.23 bits per heavy atom. The van der Waals surface area contributed by atoms with Gasteiger partial charge in [0.15, 0.2) is 5.72 Å². The Kier molecular flexibility index (Phi) is 2.80. The number of anilines is 1. The SMILES string of the molecule is Fc1ccc2sc(N3NOC4(CC5CCC4CC5)N3)cc2c1. The summed E-state index contributed by atoms with van der Waals surface area (Å²) < 4.78 is 14.4. The number of hydrazine groups is 2. The summed E-state index contributed by atoms with van der Waals surface area (Å²) in [4.78, 5) is 6.00. The Morgan fingerprint density at radius 2 is 2.09 bits per heavy atom. The van der Waals surface area contributed by atoms with E-state index in [0.29, 0.717) is 5.92 Å². The Balaban J connectivity index is 1.44. The molecule has 1 atom stereocenters. The van der Waals surface area contributed by atoms with Crippen LogP contribution >= 0.6 is 11.3 Å². The number of nitrogens with zero attached hydrogens (tertiary/aromatic N) is 1. The van der Waals surface area contributed by atoms with Gasteiger partial charge >= 0.3 is 0 Å². The van der Waals surface area contributed by atoms with Crippen LogP contribution < -0.4 is 16.1 Å². The normalized spacial score (nSPS) is 34.1. The molecule has 6 rings (SSSR count). The molecule has 1 aromatic carbocycles. The summed E-state index contributed by atoms with van der Waals surface area (Å²) in [5.41, 5.74) is 6.32. The van der Waals surface area contributed by atoms with E-state index in [-0.39, 0.29) is 11.5 Å². The van der Waals surface area contributed by atoms with Gasteiger partial charge < -0.3 is 0 Å². The van der Waals surface area contributed by atoms with Crippen molar-refractivity contribution in [3.63, 3.8) is 0 Å². The number of fused-ring (bicyclic) bond motifs is 3. The van der Waals surface area contributed by atoms with Gasteiger partial charge in [0.2, 0.25) is 0 Å². The molecule has 1 saturated heterocycles. The molecule has 1 unspecified atom stereocenters. The lowest BCUT2D eigenvalue weighted by atomic mass is 9.66. The van der Waals surface area contributed by atoms with E-state index in [2.05, 4.69) is 11.0 Å². The Bertz CT molecular complexity index is 727. The molecule has 1 aromatic heterocycles. The van der Waals surface area contributed by atoms with Crippen molar-refractivity contribution >= 4 is 26.4 Å². The van der Waals surface area contributed by atoms with Gasteiger partial charge in [-0.25, -0.2) is 9.51 Å². The van der Waals surface area contributed by atoms with Gasteiger partial charge in [0.25, 0.3) is 0 Å². The minimum atomic E-state index is -0.261. The highest BCUT2D eigenvalue weighted by Crippen LogP contribution is 2.49. The summed E-state index contributed by atoms with van der Waals surface area (Å²) in [5.74, 6) is 1.15. The van der Waals surface area contributed by atoms with Gasteiger partial charge in [-0.05, 0) is 67.7 Å². The summed E-state index contributed by atoms with van der Waals surface area (Å²) in [7, 11) is 0. The summed E-state index contributed by atoms with van der Waals surface area (Å²) in [6, 6.07) is 6.90. The molecule has 3 saturated carbocycles. The molecule has 4 nitrogen and oxygen atoms in total. The first-order chi connectivity index (χ1) is 10.7. The summed E-state index contributed by atoms with van der Waals surface area (Å²) in [6.07, 6.45) is 6.22. The van der Waals surface area contributed by atoms with Crippen LogP contribution in [-0.4, -0.2) is 5.72 Å². The molecule has 2 heterocycles. The zero-order chi connectivity index (χ0) is 14.7. The van der Waals surface area contributed by atoms with Crippen molar-refractivity contribution in [3.05, 3.63) is 30.1 Å². The molecule has 4 aliphatic rings. The molecular weight excluding hydrogens is 301 g/mol. The highest BCUT2D eigenvalue weighted by molar-refractivity contribution is 7.22. The third kappa shape index (κ3) is 1.91. The quantitative estimate of drug-likeness (QED) is 0.840.